The molecule has 130 valence electrons. The van der Waals surface area contributed by atoms with E-state index >= 15 is 0 Å². The zero-order valence-corrected chi connectivity index (χ0v) is 15.6. The number of nitrogens with zero attached hydrogens (tertiary/aromatic N) is 3. The van der Waals surface area contributed by atoms with Crippen molar-refractivity contribution < 1.29 is 12.8 Å². The van der Waals surface area contributed by atoms with Gasteiger partial charge in [-0.3, -0.25) is 0 Å². The molecular weight excluding hydrogens is 409 g/mol. The van der Waals surface area contributed by atoms with Crippen LogP contribution in [0.1, 0.15) is 5.56 Å². The summed E-state index contributed by atoms with van der Waals surface area (Å²) in [5.41, 5.74) is 1.32. The Hall–Kier alpha value is -1.95. The van der Waals surface area contributed by atoms with Gasteiger partial charge >= 0.3 is 0 Å². The minimum absolute atomic E-state index is 0.0395. The monoisotopic (exact) mass is 423 g/mol. The Bertz CT molecular complexity index is 935. The van der Waals surface area contributed by atoms with Crippen molar-refractivity contribution in [3.05, 3.63) is 58.3 Å². The minimum Gasteiger partial charge on any atom is -0.368 e. The van der Waals surface area contributed by atoms with E-state index in [9.17, 15) is 18.1 Å². The standard InChI is InChI=1S/C17H15BrFN3O2S/c18-14-4-5-17(13(10-14)12-20)21-6-8-22(9-7-21)25(23,24)16-3-1-2-15(19)11-16/h1-5,10-11H,6-9H2. The number of nitriles is 1. The van der Waals surface area contributed by atoms with Crippen LogP contribution in [0.4, 0.5) is 10.1 Å². The van der Waals surface area contributed by atoms with Crippen LogP contribution in [0.3, 0.4) is 0 Å². The van der Waals surface area contributed by atoms with Gasteiger partial charge in [0.2, 0.25) is 10.0 Å². The molecule has 2 aromatic rings. The van der Waals surface area contributed by atoms with E-state index in [0.717, 1.165) is 16.2 Å². The molecule has 0 amide bonds. The highest BCUT2D eigenvalue weighted by Gasteiger charge is 2.29. The highest BCUT2D eigenvalue weighted by molar-refractivity contribution is 9.10. The second-order valence-corrected chi connectivity index (χ2v) is 8.48. The van der Waals surface area contributed by atoms with Gasteiger partial charge in [0.25, 0.3) is 0 Å². The Morgan fingerprint density at radius 3 is 2.44 bits per heavy atom. The predicted octanol–water partition coefficient (Wildman–Crippen LogP) is 2.97. The molecule has 5 nitrogen and oxygen atoms in total. The van der Waals surface area contributed by atoms with Gasteiger partial charge in [0.05, 0.1) is 16.1 Å². The van der Waals surface area contributed by atoms with Gasteiger partial charge in [0.15, 0.2) is 0 Å². The molecule has 1 fully saturated rings. The largest absolute Gasteiger partial charge is 0.368 e. The summed E-state index contributed by atoms with van der Waals surface area (Å²) in [7, 11) is -3.72. The van der Waals surface area contributed by atoms with E-state index in [1.165, 1.54) is 22.5 Å². The van der Waals surface area contributed by atoms with Crippen LogP contribution in [-0.2, 0) is 10.0 Å². The van der Waals surface area contributed by atoms with Crippen molar-refractivity contribution in [1.29, 1.82) is 5.26 Å². The SMILES string of the molecule is N#Cc1cc(Br)ccc1N1CCN(S(=O)(=O)c2cccc(F)c2)CC1. The maximum absolute atomic E-state index is 13.3. The normalized spacial score (nSPS) is 15.8. The van der Waals surface area contributed by atoms with Crippen LogP contribution in [0.2, 0.25) is 0 Å². The lowest BCUT2D eigenvalue weighted by Gasteiger charge is -2.35. The first kappa shape index (κ1) is 17.9. The first-order chi connectivity index (χ1) is 11.9. The molecule has 1 aliphatic rings. The first-order valence-corrected chi connectivity index (χ1v) is 9.85. The molecule has 0 unspecified atom stereocenters. The maximum Gasteiger partial charge on any atom is 0.243 e. The summed E-state index contributed by atoms with van der Waals surface area (Å²) in [5, 5.41) is 9.29. The molecule has 0 bridgehead atoms. The van der Waals surface area contributed by atoms with Crippen molar-refractivity contribution in [2.24, 2.45) is 0 Å². The number of halogens is 2. The van der Waals surface area contributed by atoms with Gasteiger partial charge in [-0.05, 0) is 36.4 Å². The summed E-state index contributed by atoms with van der Waals surface area (Å²) in [4.78, 5) is 1.95. The molecule has 3 rings (SSSR count). The van der Waals surface area contributed by atoms with E-state index in [1.54, 1.807) is 6.07 Å². The van der Waals surface area contributed by atoms with Crippen molar-refractivity contribution in [1.82, 2.24) is 4.31 Å². The first-order valence-electron chi connectivity index (χ1n) is 7.62. The van der Waals surface area contributed by atoms with E-state index in [4.69, 9.17) is 0 Å². The van der Waals surface area contributed by atoms with E-state index in [2.05, 4.69) is 22.0 Å². The molecule has 1 saturated heterocycles. The van der Waals surface area contributed by atoms with Gasteiger partial charge in [-0.25, -0.2) is 12.8 Å². The Balaban J connectivity index is 1.77. The molecule has 1 heterocycles. The molecule has 0 atom stereocenters. The third-order valence-corrected chi connectivity index (χ3v) is 6.48. The number of benzene rings is 2. The number of piperazine rings is 1. The quantitative estimate of drug-likeness (QED) is 0.760. The molecule has 0 spiro atoms. The summed E-state index contributed by atoms with van der Waals surface area (Å²) >= 11 is 3.34. The third-order valence-electron chi connectivity index (χ3n) is 4.09. The van der Waals surface area contributed by atoms with E-state index in [0.29, 0.717) is 18.7 Å². The summed E-state index contributed by atoms with van der Waals surface area (Å²) in [5.74, 6) is -0.576. The van der Waals surface area contributed by atoms with Crippen molar-refractivity contribution in [3.63, 3.8) is 0 Å². The molecule has 0 aliphatic carbocycles. The lowest BCUT2D eigenvalue weighted by atomic mass is 10.1. The fourth-order valence-electron chi connectivity index (χ4n) is 2.82. The number of hydrogen-bond acceptors (Lipinski definition) is 4. The van der Waals surface area contributed by atoms with Crippen LogP contribution >= 0.6 is 15.9 Å². The fraction of sp³-hybridized carbons (Fsp3) is 0.235. The van der Waals surface area contributed by atoms with Crippen LogP contribution < -0.4 is 4.90 Å². The second-order valence-electron chi connectivity index (χ2n) is 5.62. The molecule has 8 heteroatoms. The summed E-state index contributed by atoms with van der Waals surface area (Å²) in [6, 6.07) is 12.6. The molecule has 1 aliphatic heterocycles. The molecule has 25 heavy (non-hydrogen) atoms. The maximum atomic E-state index is 13.3. The van der Waals surface area contributed by atoms with Crippen LogP contribution in [0, 0.1) is 17.1 Å². The topological polar surface area (TPSA) is 64.4 Å². The number of anilines is 1. The Morgan fingerprint density at radius 2 is 1.80 bits per heavy atom. The average Bonchev–Trinajstić information content (AvgIpc) is 2.61. The Morgan fingerprint density at radius 1 is 1.08 bits per heavy atom. The molecule has 0 radical (unpaired) electrons. The molecular formula is C17H15BrFN3O2S. The van der Waals surface area contributed by atoms with Gasteiger partial charge in [-0.15, -0.1) is 0 Å². The lowest BCUT2D eigenvalue weighted by Crippen LogP contribution is -2.48. The fourth-order valence-corrected chi connectivity index (χ4v) is 4.63. The van der Waals surface area contributed by atoms with Crippen LogP contribution in [0.25, 0.3) is 0 Å². The van der Waals surface area contributed by atoms with Crippen LogP contribution in [-0.4, -0.2) is 38.9 Å². The summed E-state index contributed by atoms with van der Waals surface area (Å²) < 4.78 is 40.8. The summed E-state index contributed by atoms with van der Waals surface area (Å²) in [6.45, 7) is 1.48. The average molecular weight is 424 g/mol. The molecule has 0 saturated carbocycles. The van der Waals surface area contributed by atoms with Gasteiger partial charge in [0, 0.05) is 30.7 Å². The molecule has 0 aromatic heterocycles. The molecule has 2 aromatic carbocycles. The van der Waals surface area contributed by atoms with Gasteiger partial charge < -0.3 is 4.90 Å². The smallest absolute Gasteiger partial charge is 0.243 e. The van der Waals surface area contributed by atoms with E-state index in [-0.39, 0.29) is 18.0 Å². The van der Waals surface area contributed by atoms with Crippen molar-refractivity contribution in [2.45, 2.75) is 4.90 Å². The van der Waals surface area contributed by atoms with Crippen LogP contribution in [0.5, 0.6) is 0 Å². The highest BCUT2D eigenvalue weighted by Crippen LogP contribution is 2.26. The highest BCUT2D eigenvalue weighted by atomic mass is 79.9. The van der Waals surface area contributed by atoms with Crippen LogP contribution in [0.15, 0.2) is 51.8 Å². The third kappa shape index (κ3) is 3.68. The Kier molecular flexibility index (Phi) is 5.08. The second kappa shape index (κ2) is 7.12. The van der Waals surface area contributed by atoms with E-state index in [1.807, 2.05) is 17.0 Å². The Labute approximate surface area is 154 Å². The van der Waals surface area contributed by atoms with Crippen molar-refractivity contribution >= 4 is 31.6 Å². The van der Waals surface area contributed by atoms with Gasteiger partial charge in [-0.1, -0.05) is 22.0 Å². The lowest BCUT2D eigenvalue weighted by molar-refractivity contribution is 0.384. The van der Waals surface area contributed by atoms with Gasteiger partial charge in [0.1, 0.15) is 11.9 Å². The summed E-state index contributed by atoms with van der Waals surface area (Å²) in [6.07, 6.45) is 0. The molecule has 0 N–H and O–H groups in total. The van der Waals surface area contributed by atoms with Gasteiger partial charge in [-0.2, -0.15) is 9.57 Å². The minimum atomic E-state index is -3.72. The van der Waals surface area contributed by atoms with Crippen molar-refractivity contribution in [3.8, 4) is 6.07 Å². The zero-order chi connectivity index (χ0) is 18.0. The number of sulfonamides is 1. The van der Waals surface area contributed by atoms with Crippen molar-refractivity contribution in [2.75, 3.05) is 31.1 Å². The zero-order valence-electron chi connectivity index (χ0n) is 13.2. The predicted molar refractivity (Wildman–Crippen MR) is 96.2 cm³/mol. The number of hydrogen-bond donors (Lipinski definition) is 0. The number of rotatable bonds is 3. The van der Waals surface area contributed by atoms with E-state index < -0.39 is 15.8 Å².